The number of hydrogen-bond donors (Lipinski definition) is 3. The van der Waals surface area contributed by atoms with Gasteiger partial charge in [0.2, 0.25) is 0 Å². The highest BCUT2D eigenvalue weighted by molar-refractivity contribution is 6.05. The van der Waals surface area contributed by atoms with Crippen molar-refractivity contribution in [1.29, 1.82) is 5.26 Å². The summed E-state index contributed by atoms with van der Waals surface area (Å²) >= 11 is 0. The Kier molecular flexibility index (Phi) is 5.06. The molecule has 0 amide bonds. The van der Waals surface area contributed by atoms with E-state index < -0.39 is 11.4 Å². The van der Waals surface area contributed by atoms with Crippen molar-refractivity contribution in [2.45, 2.75) is 25.7 Å². The molecule has 2 heterocycles. The number of fused-ring (bicyclic) bond motifs is 2. The predicted molar refractivity (Wildman–Crippen MR) is 133 cm³/mol. The fourth-order valence-electron chi connectivity index (χ4n) is 4.48. The average molecular weight is 450 g/mol. The van der Waals surface area contributed by atoms with Gasteiger partial charge in [0.05, 0.1) is 40.2 Å². The van der Waals surface area contributed by atoms with Crippen LogP contribution in [0.2, 0.25) is 0 Å². The molecule has 0 atom stereocenters. The second-order valence-electron chi connectivity index (χ2n) is 8.96. The molecule has 0 aliphatic carbocycles. The summed E-state index contributed by atoms with van der Waals surface area (Å²) in [6.45, 7) is 4.10. The van der Waals surface area contributed by atoms with E-state index in [4.69, 9.17) is 0 Å². The monoisotopic (exact) mass is 449 g/mol. The van der Waals surface area contributed by atoms with Crippen LogP contribution in [-0.4, -0.2) is 25.9 Å². The molecule has 5 aromatic rings. The SMILES string of the molecule is CC(C)(CC#N)c1c(-c2ccc(C(=O)O)cc2)c2cc3[nH]ncc3cc2n1Nc1ccccc1. The quantitative estimate of drug-likeness (QED) is 0.297. The molecule has 168 valence electrons. The first-order valence-electron chi connectivity index (χ1n) is 10.9. The standard InChI is InChI=1S/C27H23N5O2/c1-27(2,12-13-28)25-24(17-8-10-18(11-9-17)26(33)34)21-15-22-19(16-29-30-22)14-23(21)32(25)31-20-6-4-3-5-7-20/h3-11,14-16,31H,12H2,1-2H3,(H,29,30)(H,33,34). The van der Waals surface area contributed by atoms with Gasteiger partial charge in [-0.2, -0.15) is 10.4 Å². The van der Waals surface area contributed by atoms with E-state index in [1.807, 2.05) is 42.5 Å². The zero-order valence-electron chi connectivity index (χ0n) is 18.8. The predicted octanol–water partition coefficient (Wildman–Crippen LogP) is 5.95. The molecule has 0 saturated carbocycles. The van der Waals surface area contributed by atoms with E-state index in [-0.39, 0.29) is 5.56 Å². The first kappa shape index (κ1) is 21.3. The Bertz CT molecular complexity index is 1550. The van der Waals surface area contributed by atoms with Crippen LogP contribution in [0.5, 0.6) is 0 Å². The van der Waals surface area contributed by atoms with Gasteiger partial charge in [0, 0.05) is 28.2 Å². The lowest BCUT2D eigenvalue weighted by Crippen LogP contribution is -2.25. The van der Waals surface area contributed by atoms with Gasteiger partial charge < -0.3 is 5.11 Å². The second-order valence-corrected chi connectivity index (χ2v) is 8.96. The molecule has 0 unspecified atom stereocenters. The zero-order chi connectivity index (χ0) is 23.9. The Morgan fingerprint density at radius 1 is 1.15 bits per heavy atom. The average Bonchev–Trinajstić information content (AvgIpc) is 3.41. The molecular formula is C27H23N5O2. The van der Waals surface area contributed by atoms with Crippen LogP contribution in [0.15, 0.2) is 72.9 Å². The molecule has 0 spiro atoms. The highest BCUT2D eigenvalue weighted by Gasteiger charge is 2.32. The topological polar surface area (TPSA) is 107 Å². The number of anilines is 1. The first-order chi connectivity index (χ1) is 16.4. The number of hydrogen-bond acceptors (Lipinski definition) is 4. The molecule has 0 radical (unpaired) electrons. The highest BCUT2D eigenvalue weighted by atomic mass is 16.4. The van der Waals surface area contributed by atoms with E-state index in [1.54, 1.807) is 18.3 Å². The van der Waals surface area contributed by atoms with Crippen LogP contribution in [0.3, 0.4) is 0 Å². The summed E-state index contributed by atoms with van der Waals surface area (Å²) in [7, 11) is 0. The number of H-pyrrole nitrogens is 1. The van der Waals surface area contributed by atoms with Gasteiger partial charge in [-0.15, -0.1) is 0 Å². The van der Waals surface area contributed by atoms with Crippen LogP contribution in [0.25, 0.3) is 32.9 Å². The zero-order valence-corrected chi connectivity index (χ0v) is 18.8. The molecule has 0 saturated heterocycles. The van der Waals surface area contributed by atoms with Crippen LogP contribution >= 0.6 is 0 Å². The van der Waals surface area contributed by atoms with E-state index in [0.717, 1.165) is 44.3 Å². The van der Waals surface area contributed by atoms with Crippen molar-refractivity contribution in [3.63, 3.8) is 0 Å². The number of aromatic carboxylic acids is 1. The van der Waals surface area contributed by atoms with E-state index in [9.17, 15) is 15.2 Å². The third kappa shape index (κ3) is 3.55. The van der Waals surface area contributed by atoms with Crippen molar-refractivity contribution in [3.8, 4) is 17.2 Å². The molecule has 34 heavy (non-hydrogen) atoms. The third-order valence-electron chi connectivity index (χ3n) is 6.12. The van der Waals surface area contributed by atoms with Crippen LogP contribution in [0, 0.1) is 11.3 Å². The number of benzene rings is 3. The van der Waals surface area contributed by atoms with Gasteiger partial charge in [-0.1, -0.05) is 44.2 Å². The summed E-state index contributed by atoms with van der Waals surface area (Å²) in [5.74, 6) is -0.969. The summed E-state index contributed by atoms with van der Waals surface area (Å²) in [6, 6.07) is 23.2. The Morgan fingerprint density at radius 2 is 1.88 bits per heavy atom. The van der Waals surface area contributed by atoms with Gasteiger partial charge in [-0.05, 0) is 42.0 Å². The van der Waals surface area contributed by atoms with Gasteiger partial charge in [0.15, 0.2) is 0 Å². The lowest BCUT2D eigenvalue weighted by Gasteiger charge is -2.27. The minimum atomic E-state index is -0.969. The molecule has 7 nitrogen and oxygen atoms in total. The third-order valence-corrected chi connectivity index (χ3v) is 6.12. The summed E-state index contributed by atoms with van der Waals surface area (Å²) in [5.41, 5.74) is 8.78. The number of carbonyl (C=O) groups is 1. The number of nitrogens with one attached hydrogen (secondary N) is 2. The number of nitriles is 1. The molecule has 5 rings (SSSR count). The summed E-state index contributed by atoms with van der Waals surface area (Å²) < 4.78 is 2.05. The minimum absolute atomic E-state index is 0.226. The number of para-hydroxylation sites is 1. The molecule has 3 N–H and O–H groups in total. The van der Waals surface area contributed by atoms with Crippen LogP contribution < -0.4 is 5.43 Å². The molecule has 0 aliphatic rings. The van der Waals surface area contributed by atoms with Crippen LogP contribution in [-0.2, 0) is 5.41 Å². The highest BCUT2D eigenvalue weighted by Crippen LogP contribution is 2.43. The van der Waals surface area contributed by atoms with Gasteiger partial charge in [-0.25, -0.2) is 4.79 Å². The Labute approximate surface area is 196 Å². The van der Waals surface area contributed by atoms with Crippen molar-refractivity contribution in [3.05, 3.63) is 84.2 Å². The number of carboxylic acid groups (broad SMARTS) is 1. The van der Waals surface area contributed by atoms with E-state index in [1.165, 1.54) is 0 Å². The number of rotatable bonds is 6. The lowest BCUT2D eigenvalue weighted by atomic mass is 9.82. The molecule has 7 heteroatoms. The normalized spacial score (nSPS) is 11.6. The molecular weight excluding hydrogens is 426 g/mol. The number of nitrogens with zero attached hydrogens (tertiary/aromatic N) is 3. The molecule has 0 aliphatic heterocycles. The van der Waals surface area contributed by atoms with Gasteiger partial charge in [0.25, 0.3) is 0 Å². The van der Waals surface area contributed by atoms with Gasteiger partial charge in [0.1, 0.15) is 0 Å². The summed E-state index contributed by atoms with van der Waals surface area (Å²) in [5, 5.41) is 28.2. The second kappa shape index (κ2) is 8.09. The van der Waals surface area contributed by atoms with E-state index in [2.05, 4.69) is 52.3 Å². The first-order valence-corrected chi connectivity index (χ1v) is 10.9. The van der Waals surface area contributed by atoms with E-state index >= 15 is 0 Å². The number of carboxylic acids is 1. The fourth-order valence-corrected chi connectivity index (χ4v) is 4.48. The maximum absolute atomic E-state index is 11.4. The molecule has 2 aromatic heterocycles. The molecule has 0 fully saturated rings. The molecule has 3 aromatic carbocycles. The fraction of sp³-hybridized carbons (Fsp3) is 0.148. The van der Waals surface area contributed by atoms with Crippen molar-refractivity contribution >= 4 is 33.5 Å². The number of aromatic nitrogens is 3. The maximum Gasteiger partial charge on any atom is 0.335 e. The largest absolute Gasteiger partial charge is 0.478 e. The van der Waals surface area contributed by atoms with Crippen molar-refractivity contribution in [1.82, 2.24) is 14.9 Å². The van der Waals surface area contributed by atoms with Crippen molar-refractivity contribution < 1.29 is 9.90 Å². The maximum atomic E-state index is 11.4. The Morgan fingerprint density at radius 3 is 2.56 bits per heavy atom. The Hall–Kier alpha value is -4.57. The van der Waals surface area contributed by atoms with Gasteiger partial charge in [-0.3, -0.25) is 15.2 Å². The van der Waals surface area contributed by atoms with Gasteiger partial charge >= 0.3 is 5.97 Å². The smallest absolute Gasteiger partial charge is 0.335 e. The Balaban J connectivity index is 1.87. The van der Waals surface area contributed by atoms with Crippen molar-refractivity contribution in [2.24, 2.45) is 0 Å². The van der Waals surface area contributed by atoms with E-state index in [0.29, 0.717) is 6.42 Å². The van der Waals surface area contributed by atoms with Crippen molar-refractivity contribution in [2.75, 3.05) is 5.43 Å². The van der Waals surface area contributed by atoms with Crippen LogP contribution in [0.4, 0.5) is 5.69 Å². The summed E-state index contributed by atoms with van der Waals surface area (Å²) in [6.07, 6.45) is 2.09. The summed E-state index contributed by atoms with van der Waals surface area (Å²) in [4.78, 5) is 11.4. The minimum Gasteiger partial charge on any atom is -0.478 e. The molecule has 0 bridgehead atoms. The van der Waals surface area contributed by atoms with Crippen LogP contribution in [0.1, 0.15) is 36.3 Å². The lowest BCUT2D eigenvalue weighted by molar-refractivity contribution is 0.0697. The number of aromatic amines is 1.